The van der Waals surface area contributed by atoms with Crippen molar-refractivity contribution in [3.63, 3.8) is 0 Å². The van der Waals surface area contributed by atoms with Gasteiger partial charge in [0, 0.05) is 12.7 Å². The van der Waals surface area contributed by atoms with Gasteiger partial charge < -0.3 is 20.3 Å². The van der Waals surface area contributed by atoms with Crippen molar-refractivity contribution >= 4 is 11.6 Å². The van der Waals surface area contributed by atoms with Gasteiger partial charge in [-0.15, -0.1) is 0 Å². The SMILES string of the molecule is Cc1cccn2c(=O)c(C(=O)NCCOCCO)c(O)nc12. The van der Waals surface area contributed by atoms with Crippen molar-refractivity contribution in [2.24, 2.45) is 0 Å². The first kappa shape index (κ1) is 15.9. The molecule has 3 N–H and O–H groups in total. The first-order valence-electron chi connectivity index (χ1n) is 6.74. The zero-order valence-corrected chi connectivity index (χ0v) is 12.1. The van der Waals surface area contributed by atoms with E-state index in [1.165, 1.54) is 10.6 Å². The maximum Gasteiger partial charge on any atom is 0.274 e. The molecule has 2 rings (SSSR count). The number of carbonyl (C=O) groups is 1. The van der Waals surface area contributed by atoms with Gasteiger partial charge in [-0.05, 0) is 18.6 Å². The normalized spacial score (nSPS) is 10.8. The molecule has 1 amide bonds. The van der Waals surface area contributed by atoms with E-state index in [1.54, 1.807) is 19.1 Å². The second kappa shape index (κ2) is 7.01. The number of rotatable bonds is 6. The van der Waals surface area contributed by atoms with E-state index in [0.29, 0.717) is 11.2 Å². The first-order valence-corrected chi connectivity index (χ1v) is 6.74. The van der Waals surface area contributed by atoms with Crippen molar-refractivity contribution in [2.45, 2.75) is 6.92 Å². The molecule has 0 aliphatic heterocycles. The molecule has 0 fully saturated rings. The number of aliphatic hydroxyl groups is 1. The Kier molecular flexibility index (Phi) is 5.08. The molecule has 0 aromatic carbocycles. The summed E-state index contributed by atoms with van der Waals surface area (Å²) in [6.45, 7) is 2.15. The maximum atomic E-state index is 12.3. The van der Waals surface area contributed by atoms with Crippen LogP contribution in [0.1, 0.15) is 15.9 Å². The molecular weight excluding hydrogens is 290 g/mol. The second-order valence-electron chi connectivity index (χ2n) is 4.59. The number of amides is 1. The molecule has 22 heavy (non-hydrogen) atoms. The van der Waals surface area contributed by atoms with Gasteiger partial charge in [-0.25, -0.2) is 0 Å². The maximum absolute atomic E-state index is 12.3. The predicted molar refractivity (Wildman–Crippen MR) is 78.1 cm³/mol. The van der Waals surface area contributed by atoms with Crippen LogP contribution in [0.5, 0.6) is 5.88 Å². The molecular formula is C14H17N3O5. The summed E-state index contributed by atoms with van der Waals surface area (Å²) in [5.41, 5.74) is -0.0441. The summed E-state index contributed by atoms with van der Waals surface area (Å²) in [5.74, 6) is -1.33. The van der Waals surface area contributed by atoms with Crippen LogP contribution in [0.25, 0.3) is 5.65 Å². The molecule has 0 saturated heterocycles. The smallest absolute Gasteiger partial charge is 0.274 e. The summed E-state index contributed by atoms with van der Waals surface area (Å²) in [7, 11) is 0. The Hall–Kier alpha value is -2.45. The van der Waals surface area contributed by atoms with Gasteiger partial charge in [-0.3, -0.25) is 14.0 Å². The van der Waals surface area contributed by atoms with Crippen molar-refractivity contribution < 1.29 is 19.7 Å². The Morgan fingerprint density at radius 1 is 1.45 bits per heavy atom. The summed E-state index contributed by atoms with van der Waals surface area (Å²) >= 11 is 0. The number of ether oxygens (including phenoxy) is 1. The van der Waals surface area contributed by atoms with Crippen molar-refractivity contribution in [1.82, 2.24) is 14.7 Å². The van der Waals surface area contributed by atoms with Gasteiger partial charge in [-0.2, -0.15) is 4.98 Å². The van der Waals surface area contributed by atoms with Crippen LogP contribution in [0.2, 0.25) is 0 Å². The molecule has 118 valence electrons. The molecule has 0 aliphatic rings. The van der Waals surface area contributed by atoms with Crippen molar-refractivity contribution in [3.8, 4) is 5.88 Å². The Labute approximate surface area is 126 Å². The quantitative estimate of drug-likeness (QED) is 0.617. The highest BCUT2D eigenvalue weighted by atomic mass is 16.5. The molecule has 0 spiro atoms. The van der Waals surface area contributed by atoms with E-state index in [-0.39, 0.29) is 26.4 Å². The molecule has 8 heteroatoms. The molecule has 2 heterocycles. The second-order valence-corrected chi connectivity index (χ2v) is 4.59. The number of aromatic nitrogens is 2. The van der Waals surface area contributed by atoms with E-state index < -0.39 is 22.9 Å². The number of fused-ring (bicyclic) bond motifs is 1. The fourth-order valence-electron chi connectivity index (χ4n) is 1.98. The average Bonchev–Trinajstić information content (AvgIpc) is 2.48. The minimum Gasteiger partial charge on any atom is -0.493 e. The third kappa shape index (κ3) is 3.23. The lowest BCUT2D eigenvalue weighted by Crippen LogP contribution is -2.34. The third-order valence-electron chi connectivity index (χ3n) is 3.02. The standard InChI is InChI=1S/C14H17N3O5/c1-9-3-2-5-17-11(9)16-13(20)10(14(17)21)12(19)15-4-7-22-8-6-18/h2-3,5,18,20H,4,6-8H2,1H3,(H,15,19). The van der Waals surface area contributed by atoms with E-state index in [0.717, 1.165) is 0 Å². The lowest BCUT2D eigenvalue weighted by molar-refractivity contribution is 0.0835. The fraction of sp³-hybridized carbons (Fsp3) is 0.357. The lowest BCUT2D eigenvalue weighted by atomic mass is 10.2. The number of carbonyl (C=O) groups excluding carboxylic acids is 1. The van der Waals surface area contributed by atoms with Gasteiger partial charge in [0.15, 0.2) is 5.56 Å². The third-order valence-corrected chi connectivity index (χ3v) is 3.02. The van der Waals surface area contributed by atoms with Crippen molar-refractivity contribution in [2.75, 3.05) is 26.4 Å². The van der Waals surface area contributed by atoms with E-state index >= 15 is 0 Å². The van der Waals surface area contributed by atoms with Crippen LogP contribution in [0.15, 0.2) is 23.1 Å². The molecule has 0 saturated carbocycles. The zero-order chi connectivity index (χ0) is 16.1. The zero-order valence-electron chi connectivity index (χ0n) is 12.1. The minimum atomic E-state index is -0.724. The number of hydrogen-bond donors (Lipinski definition) is 3. The molecule has 8 nitrogen and oxygen atoms in total. The monoisotopic (exact) mass is 307 g/mol. The molecule has 0 bridgehead atoms. The summed E-state index contributed by atoms with van der Waals surface area (Å²) < 4.78 is 6.20. The van der Waals surface area contributed by atoms with Gasteiger partial charge in [0.2, 0.25) is 5.88 Å². The number of aliphatic hydroxyl groups excluding tert-OH is 1. The number of nitrogens with zero attached hydrogens (tertiary/aromatic N) is 2. The number of pyridine rings is 1. The van der Waals surface area contributed by atoms with Gasteiger partial charge in [0.25, 0.3) is 11.5 Å². The van der Waals surface area contributed by atoms with Crippen LogP contribution >= 0.6 is 0 Å². The Morgan fingerprint density at radius 3 is 2.95 bits per heavy atom. The van der Waals surface area contributed by atoms with Crippen LogP contribution in [-0.2, 0) is 4.74 Å². The Morgan fingerprint density at radius 2 is 2.23 bits per heavy atom. The van der Waals surface area contributed by atoms with E-state index in [1.807, 2.05) is 0 Å². The molecule has 0 radical (unpaired) electrons. The molecule has 0 aliphatic carbocycles. The predicted octanol–water partition coefficient (Wildman–Crippen LogP) is -0.553. The van der Waals surface area contributed by atoms with E-state index in [4.69, 9.17) is 9.84 Å². The Balaban J connectivity index is 2.24. The molecule has 2 aromatic heterocycles. The molecule has 0 unspecified atom stereocenters. The first-order chi connectivity index (χ1) is 10.6. The van der Waals surface area contributed by atoms with Gasteiger partial charge in [-0.1, -0.05) is 6.07 Å². The highest BCUT2D eigenvalue weighted by Crippen LogP contribution is 2.13. The molecule has 2 aromatic rings. The lowest BCUT2D eigenvalue weighted by Gasteiger charge is -2.09. The highest BCUT2D eigenvalue weighted by Gasteiger charge is 2.19. The number of hydrogen-bond acceptors (Lipinski definition) is 6. The summed E-state index contributed by atoms with van der Waals surface area (Å²) in [6.07, 6.45) is 1.48. The Bertz CT molecular complexity index is 741. The number of nitrogens with one attached hydrogen (secondary N) is 1. The average molecular weight is 307 g/mol. The number of aryl methyl sites for hydroxylation is 1. The van der Waals surface area contributed by atoms with Crippen LogP contribution in [0, 0.1) is 6.92 Å². The van der Waals surface area contributed by atoms with Gasteiger partial charge >= 0.3 is 0 Å². The fourth-order valence-corrected chi connectivity index (χ4v) is 1.98. The van der Waals surface area contributed by atoms with E-state index in [9.17, 15) is 14.7 Å². The van der Waals surface area contributed by atoms with Crippen LogP contribution < -0.4 is 10.9 Å². The summed E-state index contributed by atoms with van der Waals surface area (Å²) in [4.78, 5) is 28.2. The summed E-state index contributed by atoms with van der Waals surface area (Å²) in [5, 5.41) is 20.9. The topological polar surface area (TPSA) is 113 Å². The van der Waals surface area contributed by atoms with Crippen LogP contribution in [-0.4, -0.2) is 51.9 Å². The molecule has 0 atom stereocenters. The van der Waals surface area contributed by atoms with E-state index in [2.05, 4.69) is 10.3 Å². The van der Waals surface area contributed by atoms with Crippen molar-refractivity contribution in [1.29, 1.82) is 0 Å². The van der Waals surface area contributed by atoms with Gasteiger partial charge in [0.05, 0.1) is 19.8 Å². The van der Waals surface area contributed by atoms with Crippen molar-refractivity contribution in [3.05, 3.63) is 39.8 Å². The van der Waals surface area contributed by atoms with Crippen LogP contribution in [0.4, 0.5) is 0 Å². The van der Waals surface area contributed by atoms with Gasteiger partial charge in [0.1, 0.15) is 5.65 Å². The van der Waals surface area contributed by atoms with Crippen LogP contribution in [0.3, 0.4) is 0 Å². The minimum absolute atomic E-state index is 0.107. The summed E-state index contributed by atoms with van der Waals surface area (Å²) in [6, 6.07) is 3.41. The largest absolute Gasteiger partial charge is 0.493 e. The highest BCUT2D eigenvalue weighted by molar-refractivity contribution is 5.96. The number of aromatic hydroxyl groups is 1.